The van der Waals surface area contributed by atoms with Gasteiger partial charge in [0.15, 0.2) is 10.5 Å². The zero-order valence-corrected chi connectivity index (χ0v) is 16.8. The summed E-state index contributed by atoms with van der Waals surface area (Å²) in [5.41, 5.74) is 0.101. The largest absolute Gasteiger partial charge is 0.490 e. The fourth-order valence-electron chi connectivity index (χ4n) is 2.67. The Morgan fingerprint density at radius 3 is 2.73 bits per heavy atom. The van der Waals surface area contributed by atoms with Crippen LogP contribution in [0.3, 0.4) is 0 Å². The van der Waals surface area contributed by atoms with Crippen LogP contribution in [0.2, 0.25) is 0 Å². The molecule has 1 aromatic carbocycles. The van der Waals surface area contributed by atoms with E-state index in [1.807, 2.05) is 0 Å². The number of fused-ring (bicyclic) bond motifs is 1. The first-order valence-electron chi connectivity index (χ1n) is 8.60. The molecule has 156 valence electrons. The van der Waals surface area contributed by atoms with Gasteiger partial charge in [-0.25, -0.2) is 9.55 Å². The number of hydrogen-bond acceptors (Lipinski definition) is 8. The third kappa shape index (κ3) is 4.12. The molecule has 0 aliphatic heterocycles. The number of benzene rings is 1. The molecular formula is C18H17N5O6S. The second-order valence-electron chi connectivity index (χ2n) is 5.98. The quantitative estimate of drug-likeness (QED) is 0.467. The lowest BCUT2D eigenvalue weighted by atomic mass is 10.1. The topological polar surface area (TPSA) is 148 Å². The highest BCUT2D eigenvalue weighted by Gasteiger charge is 2.15. The van der Waals surface area contributed by atoms with Gasteiger partial charge in [-0.1, -0.05) is 0 Å². The molecule has 2 aromatic heterocycles. The number of carbonyl (C=O) groups is 2. The van der Waals surface area contributed by atoms with E-state index in [1.54, 1.807) is 0 Å². The van der Waals surface area contributed by atoms with Crippen LogP contribution in [0, 0.1) is 4.77 Å². The zero-order valence-electron chi connectivity index (χ0n) is 16.0. The minimum absolute atomic E-state index is 0.00343. The van der Waals surface area contributed by atoms with Gasteiger partial charge < -0.3 is 24.9 Å². The average Bonchev–Trinajstić information content (AvgIpc) is 2.72. The van der Waals surface area contributed by atoms with Crippen LogP contribution in [0.1, 0.15) is 16.8 Å². The van der Waals surface area contributed by atoms with Crippen LogP contribution in [0.5, 0.6) is 11.6 Å². The highest BCUT2D eigenvalue weighted by Crippen LogP contribution is 2.23. The Morgan fingerprint density at radius 1 is 1.30 bits per heavy atom. The van der Waals surface area contributed by atoms with E-state index >= 15 is 0 Å². The number of nitrogens with zero attached hydrogens (tertiary/aromatic N) is 3. The van der Waals surface area contributed by atoms with Gasteiger partial charge >= 0.3 is 5.97 Å². The summed E-state index contributed by atoms with van der Waals surface area (Å²) in [5, 5.41) is 11.4. The van der Waals surface area contributed by atoms with Crippen LogP contribution in [0.25, 0.3) is 16.9 Å². The first kappa shape index (κ1) is 20.9. The summed E-state index contributed by atoms with van der Waals surface area (Å²) in [6.45, 7) is -0.0135. The average molecular weight is 431 g/mol. The van der Waals surface area contributed by atoms with E-state index in [0.29, 0.717) is 11.3 Å². The van der Waals surface area contributed by atoms with Crippen LogP contribution in [0.4, 0.5) is 0 Å². The molecule has 0 spiro atoms. The predicted octanol–water partition coefficient (Wildman–Crippen LogP) is 1.06. The standard InChI is InChI=1S/C18H17N5O6S/c1-28-12-8-20-17(22-15(12)29-2)23-16(27)10-4-3-9(7-11(10)21-18(23)30)14(26)19-6-5-13(24)25/h3-4,7-8H,5-6H2,1-2H3,(H,19,26)(H,21,30)(H,24,25). The number of aromatic nitrogens is 4. The Morgan fingerprint density at radius 2 is 2.07 bits per heavy atom. The van der Waals surface area contributed by atoms with Crippen molar-refractivity contribution in [2.24, 2.45) is 0 Å². The number of methoxy groups -OCH3 is 2. The second-order valence-corrected chi connectivity index (χ2v) is 6.37. The maximum absolute atomic E-state index is 13.0. The summed E-state index contributed by atoms with van der Waals surface area (Å²) in [6.07, 6.45) is 1.16. The first-order valence-corrected chi connectivity index (χ1v) is 9.01. The van der Waals surface area contributed by atoms with Gasteiger partial charge in [-0.15, -0.1) is 0 Å². The summed E-state index contributed by atoms with van der Waals surface area (Å²) in [5.74, 6) is -1.06. The number of carboxylic acids is 1. The molecule has 0 saturated carbocycles. The maximum Gasteiger partial charge on any atom is 0.305 e. The van der Waals surface area contributed by atoms with Crippen molar-refractivity contribution in [3.63, 3.8) is 0 Å². The van der Waals surface area contributed by atoms with Crippen LogP contribution >= 0.6 is 12.2 Å². The highest BCUT2D eigenvalue weighted by molar-refractivity contribution is 7.71. The van der Waals surface area contributed by atoms with Gasteiger partial charge in [0.05, 0.1) is 37.7 Å². The first-order chi connectivity index (χ1) is 14.3. The fraction of sp³-hybridized carbons (Fsp3) is 0.222. The molecule has 30 heavy (non-hydrogen) atoms. The van der Waals surface area contributed by atoms with Crippen LogP contribution in [-0.2, 0) is 4.79 Å². The summed E-state index contributed by atoms with van der Waals surface area (Å²) >= 11 is 5.29. The van der Waals surface area contributed by atoms with E-state index in [9.17, 15) is 14.4 Å². The molecule has 0 fully saturated rings. The highest BCUT2D eigenvalue weighted by atomic mass is 32.1. The number of carboxylic acid groups (broad SMARTS) is 1. The molecule has 0 unspecified atom stereocenters. The predicted molar refractivity (Wildman–Crippen MR) is 108 cm³/mol. The Labute approximate surface area is 174 Å². The molecule has 12 heteroatoms. The summed E-state index contributed by atoms with van der Waals surface area (Å²) in [4.78, 5) is 46.9. The van der Waals surface area contributed by atoms with Gasteiger partial charge in [0.25, 0.3) is 17.3 Å². The van der Waals surface area contributed by atoms with Gasteiger partial charge in [-0.3, -0.25) is 14.4 Å². The number of H-pyrrole nitrogens is 1. The number of aromatic amines is 1. The third-order valence-corrected chi connectivity index (χ3v) is 4.39. The molecule has 0 bridgehead atoms. The zero-order chi connectivity index (χ0) is 21.8. The SMILES string of the molecule is COc1cnc(-n2c(=S)[nH]c3cc(C(=O)NCCC(=O)O)ccc3c2=O)nc1OC. The molecule has 0 radical (unpaired) electrons. The molecule has 3 rings (SSSR count). The molecular weight excluding hydrogens is 414 g/mol. The van der Waals surface area contributed by atoms with Gasteiger partial charge in [0.2, 0.25) is 5.95 Å². The number of rotatable bonds is 7. The molecule has 1 amide bonds. The summed E-state index contributed by atoms with van der Waals surface area (Å²) in [6, 6.07) is 4.38. The lowest BCUT2D eigenvalue weighted by molar-refractivity contribution is -0.136. The molecule has 3 aromatic rings. The molecule has 0 aliphatic rings. The smallest absolute Gasteiger partial charge is 0.305 e. The Kier molecular flexibility index (Phi) is 6.06. The molecule has 3 N–H and O–H groups in total. The van der Waals surface area contributed by atoms with Crippen molar-refractivity contribution in [2.45, 2.75) is 6.42 Å². The van der Waals surface area contributed by atoms with Crippen molar-refractivity contribution in [2.75, 3.05) is 20.8 Å². The van der Waals surface area contributed by atoms with Crippen molar-refractivity contribution in [3.8, 4) is 17.6 Å². The van der Waals surface area contributed by atoms with E-state index in [2.05, 4.69) is 20.3 Å². The monoisotopic (exact) mass is 431 g/mol. The normalized spacial score (nSPS) is 10.6. The van der Waals surface area contributed by atoms with Crippen molar-refractivity contribution in [1.82, 2.24) is 24.8 Å². The van der Waals surface area contributed by atoms with E-state index in [1.165, 1.54) is 38.6 Å². The van der Waals surface area contributed by atoms with Crippen molar-refractivity contribution in [3.05, 3.63) is 45.1 Å². The molecule has 11 nitrogen and oxygen atoms in total. The minimum atomic E-state index is -1.02. The number of amides is 1. The number of nitrogens with one attached hydrogen (secondary N) is 2. The maximum atomic E-state index is 13.0. The Bertz CT molecular complexity index is 1250. The summed E-state index contributed by atoms with van der Waals surface area (Å²) in [7, 11) is 2.84. The van der Waals surface area contributed by atoms with Gasteiger partial charge in [0, 0.05) is 12.1 Å². The van der Waals surface area contributed by atoms with Crippen LogP contribution < -0.4 is 20.3 Å². The molecule has 0 aliphatic carbocycles. The van der Waals surface area contributed by atoms with Gasteiger partial charge in [-0.2, -0.15) is 4.98 Å². The van der Waals surface area contributed by atoms with Crippen molar-refractivity contribution >= 4 is 35.0 Å². The van der Waals surface area contributed by atoms with E-state index in [4.69, 9.17) is 26.8 Å². The Balaban J connectivity index is 2.02. The van der Waals surface area contributed by atoms with E-state index < -0.39 is 17.4 Å². The molecule has 0 atom stereocenters. The van der Waals surface area contributed by atoms with Crippen LogP contribution in [0.15, 0.2) is 29.2 Å². The Hall–Kier alpha value is -3.80. The minimum Gasteiger partial charge on any atom is -0.490 e. The lowest BCUT2D eigenvalue weighted by Gasteiger charge is -2.10. The number of ether oxygens (including phenoxy) is 2. The molecule has 2 heterocycles. The van der Waals surface area contributed by atoms with E-state index in [0.717, 1.165) is 4.57 Å². The summed E-state index contributed by atoms with van der Waals surface area (Å²) < 4.78 is 11.4. The van der Waals surface area contributed by atoms with Crippen molar-refractivity contribution in [1.29, 1.82) is 0 Å². The number of carbonyl (C=O) groups excluding carboxylic acids is 1. The fourth-order valence-corrected chi connectivity index (χ4v) is 2.94. The van der Waals surface area contributed by atoms with Gasteiger partial charge in [-0.05, 0) is 30.4 Å². The third-order valence-electron chi connectivity index (χ3n) is 4.11. The number of aliphatic carboxylic acids is 1. The second kappa shape index (κ2) is 8.69. The van der Waals surface area contributed by atoms with Crippen molar-refractivity contribution < 1.29 is 24.2 Å². The molecule has 0 saturated heterocycles. The lowest BCUT2D eigenvalue weighted by Crippen LogP contribution is -2.26. The van der Waals surface area contributed by atoms with E-state index in [-0.39, 0.29) is 40.5 Å². The van der Waals surface area contributed by atoms with Gasteiger partial charge in [0.1, 0.15) is 0 Å². The number of hydrogen-bond donors (Lipinski definition) is 3. The van der Waals surface area contributed by atoms with Crippen LogP contribution in [-0.4, -0.2) is 57.3 Å².